The number of nitro benzene ring substituents is 1. The zero-order chi connectivity index (χ0) is 20.6. The van der Waals surface area contributed by atoms with E-state index in [0.717, 1.165) is 44.2 Å². The highest BCUT2D eigenvalue weighted by Crippen LogP contribution is 2.18. The number of ether oxygens (including phenoxy) is 2. The SMILES string of the molecule is Cc1cc([N+](=O)[O-])ccc1C(=O)NCc1cccc(OCCN2CCOCC2)c1. The summed E-state index contributed by atoms with van der Waals surface area (Å²) in [6.07, 6.45) is 0. The Morgan fingerprint density at radius 2 is 2.03 bits per heavy atom. The summed E-state index contributed by atoms with van der Waals surface area (Å²) in [6, 6.07) is 11.8. The third-order valence-electron chi connectivity index (χ3n) is 4.80. The molecule has 0 unspecified atom stereocenters. The van der Waals surface area contributed by atoms with Crippen molar-refractivity contribution in [1.29, 1.82) is 0 Å². The van der Waals surface area contributed by atoms with E-state index in [9.17, 15) is 14.9 Å². The largest absolute Gasteiger partial charge is 0.492 e. The van der Waals surface area contributed by atoms with Crippen molar-refractivity contribution in [3.63, 3.8) is 0 Å². The number of nitro groups is 1. The highest BCUT2D eigenvalue weighted by atomic mass is 16.6. The predicted molar refractivity (Wildman–Crippen MR) is 108 cm³/mol. The van der Waals surface area contributed by atoms with E-state index < -0.39 is 4.92 Å². The summed E-state index contributed by atoms with van der Waals surface area (Å²) in [5, 5.41) is 13.7. The van der Waals surface area contributed by atoms with Crippen LogP contribution in [0, 0.1) is 17.0 Å². The lowest BCUT2D eigenvalue weighted by molar-refractivity contribution is -0.384. The van der Waals surface area contributed by atoms with Crippen molar-refractivity contribution in [3.8, 4) is 5.75 Å². The molecule has 1 fully saturated rings. The molecule has 1 N–H and O–H groups in total. The zero-order valence-corrected chi connectivity index (χ0v) is 16.4. The van der Waals surface area contributed by atoms with Crippen LogP contribution >= 0.6 is 0 Å². The summed E-state index contributed by atoms with van der Waals surface area (Å²) >= 11 is 0. The van der Waals surface area contributed by atoms with Crippen molar-refractivity contribution < 1.29 is 19.2 Å². The number of hydrogen-bond acceptors (Lipinski definition) is 6. The van der Waals surface area contributed by atoms with Crippen molar-refractivity contribution in [3.05, 3.63) is 69.3 Å². The maximum absolute atomic E-state index is 12.4. The van der Waals surface area contributed by atoms with Gasteiger partial charge in [-0.2, -0.15) is 0 Å². The Kier molecular flexibility index (Phi) is 7.15. The highest BCUT2D eigenvalue weighted by molar-refractivity contribution is 5.95. The Balaban J connectivity index is 1.50. The molecule has 8 nitrogen and oxygen atoms in total. The summed E-state index contributed by atoms with van der Waals surface area (Å²) in [5.74, 6) is 0.493. The first kappa shape index (κ1) is 20.8. The number of nitrogens with zero attached hydrogens (tertiary/aromatic N) is 2. The second-order valence-electron chi connectivity index (χ2n) is 6.89. The maximum Gasteiger partial charge on any atom is 0.269 e. The molecule has 2 aromatic carbocycles. The van der Waals surface area contributed by atoms with Crippen LogP contribution in [0.5, 0.6) is 5.75 Å². The second kappa shape index (κ2) is 9.99. The molecule has 1 aliphatic heterocycles. The average molecular weight is 399 g/mol. The van der Waals surface area contributed by atoms with Crippen LogP contribution in [0.3, 0.4) is 0 Å². The van der Waals surface area contributed by atoms with E-state index in [1.165, 1.54) is 18.2 Å². The molecule has 0 aromatic heterocycles. The Morgan fingerprint density at radius 3 is 2.76 bits per heavy atom. The highest BCUT2D eigenvalue weighted by Gasteiger charge is 2.13. The number of nitrogens with one attached hydrogen (secondary N) is 1. The first-order valence-corrected chi connectivity index (χ1v) is 9.58. The third kappa shape index (κ3) is 6.00. The lowest BCUT2D eigenvalue weighted by Crippen LogP contribution is -2.38. The minimum atomic E-state index is -0.473. The number of aryl methyl sites for hydroxylation is 1. The Hall–Kier alpha value is -2.97. The fourth-order valence-corrected chi connectivity index (χ4v) is 3.16. The van der Waals surface area contributed by atoms with Crippen molar-refractivity contribution in [2.24, 2.45) is 0 Å². The van der Waals surface area contributed by atoms with E-state index in [-0.39, 0.29) is 11.6 Å². The Labute approximate surface area is 169 Å². The minimum absolute atomic E-state index is 0.0269. The van der Waals surface area contributed by atoms with Gasteiger partial charge in [0.2, 0.25) is 0 Å². The van der Waals surface area contributed by atoms with Gasteiger partial charge >= 0.3 is 0 Å². The molecule has 154 valence electrons. The first-order valence-electron chi connectivity index (χ1n) is 9.58. The summed E-state index contributed by atoms with van der Waals surface area (Å²) in [6.45, 7) is 6.87. The van der Waals surface area contributed by atoms with Gasteiger partial charge in [0, 0.05) is 43.9 Å². The van der Waals surface area contributed by atoms with Gasteiger partial charge in [-0.3, -0.25) is 19.8 Å². The second-order valence-corrected chi connectivity index (χ2v) is 6.89. The average Bonchev–Trinajstić information content (AvgIpc) is 2.73. The quantitative estimate of drug-likeness (QED) is 0.542. The van der Waals surface area contributed by atoms with Gasteiger partial charge in [0.1, 0.15) is 12.4 Å². The number of carbonyl (C=O) groups excluding carboxylic acids is 1. The number of morpholine rings is 1. The molecule has 1 amide bonds. The van der Waals surface area contributed by atoms with E-state index >= 15 is 0 Å². The van der Waals surface area contributed by atoms with E-state index in [1.54, 1.807) is 6.92 Å². The minimum Gasteiger partial charge on any atom is -0.492 e. The summed E-state index contributed by atoms with van der Waals surface area (Å²) < 4.78 is 11.2. The monoisotopic (exact) mass is 399 g/mol. The number of non-ortho nitro benzene ring substituents is 1. The predicted octanol–water partition coefficient (Wildman–Crippen LogP) is 2.54. The van der Waals surface area contributed by atoms with Crippen molar-refractivity contribution in [1.82, 2.24) is 10.2 Å². The zero-order valence-electron chi connectivity index (χ0n) is 16.4. The topological polar surface area (TPSA) is 93.9 Å². The molecule has 0 radical (unpaired) electrons. The maximum atomic E-state index is 12.4. The molecule has 2 aromatic rings. The van der Waals surface area contributed by atoms with E-state index in [2.05, 4.69) is 10.2 Å². The fraction of sp³-hybridized carbons (Fsp3) is 0.381. The molecule has 0 spiro atoms. The molecule has 0 saturated carbocycles. The number of benzene rings is 2. The molecule has 8 heteroatoms. The van der Waals surface area contributed by atoms with Gasteiger partial charge in [-0.15, -0.1) is 0 Å². The third-order valence-corrected chi connectivity index (χ3v) is 4.80. The normalized spacial score (nSPS) is 14.4. The summed E-state index contributed by atoms with van der Waals surface area (Å²) in [4.78, 5) is 25.1. The van der Waals surface area contributed by atoms with Crippen LogP contribution < -0.4 is 10.1 Å². The number of amides is 1. The van der Waals surface area contributed by atoms with Gasteiger partial charge in [0.05, 0.1) is 18.1 Å². The smallest absolute Gasteiger partial charge is 0.269 e. The first-order chi connectivity index (χ1) is 14.0. The van der Waals surface area contributed by atoms with Crippen LogP contribution in [-0.2, 0) is 11.3 Å². The fourth-order valence-electron chi connectivity index (χ4n) is 3.16. The van der Waals surface area contributed by atoms with Crippen LogP contribution in [0.25, 0.3) is 0 Å². The van der Waals surface area contributed by atoms with Gasteiger partial charge in [-0.25, -0.2) is 0 Å². The van der Waals surface area contributed by atoms with Gasteiger partial charge in [0.25, 0.3) is 11.6 Å². The van der Waals surface area contributed by atoms with Crippen LogP contribution in [0.1, 0.15) is 21.5 Å². The lowest BCUT2D eigenvalue weighted by Gasteiger charge is -2.26. The summed E-state index contributed by atoms with van der Waals surface area (Å²) in [5.41, 5.74) is 1.88. The molecule has 0 atom stereocenters. The molecule has 0 bridgehead atoms. The molecule has 3 rings (SSSR count). The van der Waals surface area contributed by atoms with Crippen LogP contribution in [0.2, 0.25) is 0 Å². The lowest BCUT2D eigenvalue weighted by atomic mass is 10.1. The standard InChI is InChI=1S/C21H25N3O5/c1-16-13-18(24(26)27)5-6-20(16)21(25)22-15-17-3-2-4-19(14-17)29-12-9-23-7-10-28-11-8-23/h2-6,13-14H,7-12,15H2,1H3,(H,22,25). The van der Waals surface area contributed by atoms with Crippen LogP contribution in [0.15, 0.2) is 42.5 Å². The number of rotatable bonds is 8. The van der Waals surface area contributed by atoms with E-state index in [0.29, 0.717) is 24.3 Å². The molecule has 1 aliphatic rings. The Bertz CT molecular complexity index is 865. The molecule has 1 heterocycles. The van der Waals surface area contributed by atoms with E-state index in [1.807, 2.05) is 24.3 Å². The number of carbonyl (C=O) groups is 1. The van der Waals surface area contributed by atoms with E-state index in [4.69, 9.17) is 9.47 Å². The van der Waals surface area contributed by atoms with Gasteiger partial charge in [-0.05, 0) is 36.2 Å². The summed E-state index contributed by atoms with van der Waals surface area (Å²) in [7, 11) is 0. The van der Waals surface area contributed by atoms with Crippen molar-refractivity contribution in [2.45, 2.75) is 13.5 Å². The molecular formula is C21H25N3O5. The van der Waals surface area contributed by atoms with Crippen LogP contribution in [-0.4, -0.2) is 55.2 Å². The van der Waals surface area contributed by atoms with Crippen molar-refractivity contribution >= 4 is 11.6 Å². The van der Waals surface area contributed by atoms with Crippen LogP contribution in [0.4, 0.5) is 5.69 Å². The molecular weight excluding hydrogens is 374 g/mol. The van der Waals surface area contributed by atoms with Gasteiger partial charge in [-0.1, -0.05) is 12.1 Å². The molecule has 1 saturated heterocycles. The van der Waals surface area contributed by atoms with Gasteiger partial charge in [0.15, 0.2) is 0 Å². The number of hydrogen-bond donors (Lipinski definition) is 1. The Morgan fingerprint density at radius 1 is 1.24 bits per heavy atom. The molecule has 29 heavy (non-hydrogen) atoms. The molecule has 0 aliphatic carbocycles. The van der Waals surface area contributed by atoms with Crippen molar-refractivity contribution in [2.75, 3.05) is 39.5 Å². The van der Waals surface area contributed by atoms with Gasteiger partial charge < -0.3 is 14.8 Å².